The van der Waals surface area contributed by atoms with Gasteiger partial charge in [-0.1, -0.05) is 12.1 Å². The molecule has 1 aliphatic rings. The number of piperidine rings is 1. The normalized spacial score (nSPS) is 25.7. The van der Waals surface area contributed by atoms with Crippen LogP contribution in [-0.4, -0.2) is 12.6 Å². The Morgan fingerprint density at radius 1 is 1.38 bits per heavy atom. The van der Waals surface area contributed by atoms with Crippen LogP contribution in [-0.2, 0) is 6.42 Å². The fourth-order valence-electron chi connectivity index (χ4n) is 2.44. The maximum atomic E-state index is 13.5. The summed E-state index contributed by atoms with van der Waals surface area (Å²) in [7, 11) is 0. The molecule has 1 aliphatic heterocycles. The smallest absolute Gasteiger partial charge is 0.162 e. The number of nitrogens with one attached hydrogen (secondary N) is 1. The summed E-state index contributed by atoms with van der Waals surface area (Å²) in [5.74, 6) is -0.944. The molecule has 0 aromatic heterocycles. The summed E-state index contributed by atoms with van der Waals surface area (Å²) in [4.78, 5) is 0. The van der Waals surface area contributed by atoms with Crippen LogP contribution in [0.5, 0.6) is 0 Å². The van der Waals surface area contributed by atoms with E-state index in [1.807, 2.05) is 0 Å². The summed E-state index contributed by atoms with van der Waals surface area (Å²) < 4.78 is 26.5. The molecule has 1 aromatic rings. The van der Waals surface area contributed by atoms with Gasteiger partial charge in [0, 0.05) is 6.04 Å². The average molecular weight is 225 g/mol. The average Bonchev–Trinajstić information content (AvgIpc) is 2.25. The first-order valence-electron chi connectivity index (χ1n) is 5.83. The first kappa shape index (κ1) is 11.5. The van der Waals surface area contributed by atoms with E-state index in [1.165, 1.54) is 6.07 Å². The fraction of sp³-hybridized carbons (Fsp3) is 0.538. The Morgan fingerprint density at radius 2 is 2.19 bits per heavy atom. The Bertz CT molecular complexity index is 365. The Labute approximate surface area is 94.9 Å². The highest BCUT2D eigenvalue weighted by Gasteiger charge is 2.20. The molecule has 1 aromatic carbocycles. The molecule has 16 heavy (non-hydrogen) atoms. The van der Waals surface area contributed by atoms with E-state index in [4.69, 9.17) is 0 Å². The van der Waals surface area contributed by atoms with Gasteiger partial charge in [0.05, 0.1) is 0 Å². The lowest BCUT2D eigenvalue weighted by Gasteiger charge is -2.28. The van der Waals surface area contributed by atoms with Gasteiger partial charge in [0.2, 0.25) is 0 Å². The minimum atomic E-state index is -0.737. The van der Waals surface area contributed by atoms with Crippen molar-refractivity contribution in [3.8, 4) is 0 Å². The summed E-state index contributed by atoms with van der Waals surface area (Å²) >= 11 is 0. The molecule has 2 rings (SSSR count). The molecule has 0 spiro atoms. The lowest BCUT2D eigenvalue weighted by molar-refractivity contribution is 0.310. The van der Waals surface area contributed by atoms with Gasteiger partial charge >= 0.3 is 0 Å². The summed E-state index contributed by atoms with van der Waals surface area (Å²) in [6.45, 7) is 3.11. The minimum Gasteiger partial charge on any atom is -0.314 e. The Balaban J connectivity index is 2.05. The molecule has 1 heterocycles. The van der Waals surface area contributed by atoms with Crippen molar-refractivity contribution >= 4 is 0 Å². The molecule has 0 amide bonds. The first-order valence-corrected chi connectivity index (χ1v) is 5.83. The van der Waals surface area contributed by atoms with Gasteiger partial charge in [-0.15, -0.1) is 0 Å². The molecule has 3 heteroatoms. The highest BCUT2D eigenvalue weighted by molar-refractivity contribution is 5.19. The van der Waals surface area contributed by atoms with Gasteiger partial charge in [0.25, 0.3) is 0 Å². The van der Waals surface area contributed by atoms with Gasteiger partial charge in [-0.2, -0.15) is 0 Å². The van der Waals surface area contributed by atoms with Gasteiger partial charge in [-0.3, -0.25) is 0 Å². The van der Waals surface area contributed by atoms with Crippen molar-refractivity contribution in [2.75, 3.05) is 6.54 Å². The third-order valence-corrected chi connectivity index (χ3v) is 3.27. The molecule has 0 saturated carbocycles. The van der Waals surface area contributed by atoms with Crippen molar-refractivity contribution in [3.05, 3.63) is 35.4 Å². The van der Waals surface area contributed by atoms with Crippen molar-refractivity contribution in [2.24, 2.45) is 5.92 Å². The maximum absolute atomic E-state index is 13.5. The van der Waals surface area contributed by atoms with Crippen LogP contribution >= 0.6 is 0 Å². The zero-order chi connectivity index (χ0) is 11.5. The predicted octanol–water partition coefficient (Wildman–Crippen LogP) is 2.90. The number of halogens is 2. The highest BCUT2D eigenvalue weighted by atomic mass is 19.2. The predicted molar refractivity (Wildman–Crippen MR) is 60.3 cm³/mol. The van der Waals surface area contributed by atoms with Crippen LogP contribution in [0.3, 0.4) is 0 Å². The van der Waals surface area contributed by atoms with Gasteiger partial charge in [0.1, 0.15) is 0 Å². The second-order valence-corrected chi connectivity index (χ2v) is 4.66. The topological polar surface area (TPSA) is 12.0 Å². The Hall–Kier alpha value is -0.960. The van der Waals surface area contributed by atoms with Crippen LogP contribution in [0.15, 0.2) is 18.2 Å². The Morgan fingerprint density at radius 3 is 2.94 bits per heavy atom. The van der Waals surface area contributed by atoms with E-state index in [1.54, 1.807) is 12.1 Å². The molecular formula is C13H17F2N. The van der Waals surface area contributed by atoms with E-state index < -0.39 is 11.6 Å². The quantitative estimate of drug-likeness (QED) is 0.816. The number of rotatable bonds is 2. The monoisotopic (exact) mass is 225 g/mol. The summed E-state index contributed by atoms with van der Waals surface area (Å²) in [6, 6.07) is 4.92. The highest BCUT2D eigenvalue weighted by Crippen LogP contribution is 2.23. The third kappa shape index (κ3) is 2.59. The van der Waals surface area contributed by atoms with Crippen molar-refractivity contribution < 1.29 is 8.78 Å². The number of hydrogen-bond donors (Lipinski definition) is 1. The summed E-state index contributed by atoms with van der Waals surface area (Å²) in [5, 5.41) is 3.36. The zero-order valence-electron chi connectivity index (χ0n) is 9.47. The van der Waals surface area contributed by atoms with Crippen molar-refractivity contribution in [2.45, 2.75) is 32.2 Å². The molecule has 0 radical (unpaired) electrons. The zero-order valence-corrected chi connectivity index (χ0v) is 9.47. The van der Waals surface area contributed by atoms with Crippen LogP contribution in [0.4, 0.5) is 8.78 Å². The van der Waals surface area contributed by atoms with Gasteiger partial charge < -0.3 is 5.32 Å². The second kappa shape index (κ2) is 4.91. The maximum Gasteiger partial charge on any atom is 0.162 e. The van der Waals surface area contributed by atoms with Crippen molar-refractivity contribution in [1.82, 2.24) is 5.32 Å². The minimum absolute atomic E-state index is 0.465. The third-order valence-electron chi connectivity index (χ3n) is 3.27. The van der Waals surface area contributed by atoms with E-state index in [-0.39, 0.29) is 0 Å². The molecular weight excluding hydrogens is 208 g/mol. The number of benzene rings is 1. The van der Waals surface area contributed by atoms with Crippen LogP contribution in [0, 0.1) is 17.6 Å². The summed E-state index contributed by atoms with van der Waals surface area (Å²) in [5.41, 5.74) is 0.513. The molecule has 1 N–H and O–H groups in total. The standard InChI is InChI=1S/C13H17F2N/c1-9-7-10(5-6-16-9)8-11-3-2-4-12(14)13(11)15/h2-4,9-10,16H,5-8H2,1H3. The fourth-order valence-corrected chi connectivity index (χ4v) is 2.44. The molecule has 88 valence electrons. The first-order chi connectivity index (χ1) is 7.66. The van der Waals surface area contributed by atoms with Gasteiger partial charge in [-0.25, -0.2) is 8.78 Å². The van der Waals surface area contributed by atoms with Crippen LogP contribution in [0.2, 0.25) is 0 Å². The van der Waals surface area contributed by atoms with Crippen LogP contribution in [0.1, 0.15) is 25.3 Å². The van der Waals surface area contributed by atoms with E-state index in [9.17, 15) is 8.78 Å². The SMILES string of the molecule is CC1CC(Cc2cccc(F)c2F)CCN1. The van der Waals surface area contributed by atoms with Gasteiger partial charge in [0.15, 0.2) is 11.6 Å². The van der Waals surface area contributed by atoms with Gasteiger partial charge in [-0.05, 0) is 50.3 Å². The Kier molecular flexibility index (Phi) is 3.54. The molecule has 1 saturated heterocycles. The molecule has 0 bridgehead atoms. The number of hydrogen-bond acceptors (Lipinski definition) is 1. The molecule has 0 aliphatic carbocycles. The summed E-state index contributed by atoms with van der Waals surface area (Å²) in [6.07, 6.45) is 2.73. The van der Waals surface area contributed by atoms with Crippen molar-refractivity contribution in [3.63, 3.8) is 0 Å². The molecule has 1 fully saturated rings. The van der Waals surface area contributed by atoms with Crippen LogP contribution in [0.25, 0.3) is 0 Å². The molecule has 1 nitrogen and oxygen atoms in total. The van der Waals surface area contributed by atoms with E-state index >= 15 is 0 Å². The van der Waals surface area contributed by atoms with Crippen LogP contribution < -0.4 is 5.32 Å². The van der Waals surface area contributed by atoms with E-state index in [2.05, 4.69) is 12.2 Å². The lowest BCUT2D eigenvalue weighted by Crippen LogP contribution is -2.36. The van der Waals surface area contributed by atoms with E-state index in [0.29, 0.717) is 23.9 Å². The molecule has 2 unspecified atom stereocenters. The largest absolute Gasteiger partial charge is 0.314 e. The second-order valence-electron chi connectivity index (χ2n) is 4.66. The molecule has 2 atom stereocenters. The van der Waals surface area contributed by atoms with E-state index in [0.717, 1.165) is 19.4 Å². The van der Waals surface area contributed by atoms with Crippen molar-refractivity contribution in [1.29, 1.82) is 0 Å². The lowest BCUT2D eigenvalue weighted by atomic mass is 9.87.